The predicted octanol–water partition coefficient (Wildman–Crippen LogP) is 5.13. The van der Waals surface area contributed by atoms with Crippen molar-refractivity contribution in [3.63, 3.8) is 0 Å². The first-order chi connectivity index (χ1) is 15.7. The predicted molar refractivity (Wildman–Crippen MR) is 130 cm³/mol. The van der Waals surface area contributed by atoms with E-state index in [2.05, 4.69) is 10.6 Å². The van der Waals surface area contributed by atoms with Crippen LogP contribution in [0.3, 0.4) is 0 Å². The first kappa shape index (κ1) is 23.3. The normalized spacial score (nSPS) is 38.9. The molecule has 4 bridgehead atoms. The summed E-state index contributed by atoms with van der Waals surface area (Å²) in [5.74, 6) is 0.179. The fraction of sp³-hybridized carbons (Fsp3) is 0.643. The molecular formula is C28H36N2O4. The molecule has 4 aliphatic rings. The lowest BCUT2D eigenvalue weighted by Gasteiger charge is -2.38. The summed E-state index contributed by atoms with van der Waals surface area (Å²) in [6.45, 7) is 12.2. The summed E-state index contributed by atoms with van der Waals surface area (Å²) < 4.78 is 0. The van der Waals surface area contributed by atoms with Gasteiger partial charge in [0.15, 0.2) is 0 Å². The Bertz CT molecular complexity index is 1050. The summed E-state index contributed by atoms with van der Waals surface area (Å²) >= 11 is 0. The third-order valence-electron chi connectivity index (χ3n) is 11.7. The third kappa shape index (κ3) is 2.42. The van der Waals surface area contributed by atoms with Gasteiger partial charge in [0, 0.05) is 35.0 Å². The van der Waals surface area contributed by atoms with E-state index in [1.807, 2.05) is 41.5 Å². The Morgan fingerprint density at radius 3 is 1.18 bits per heavy atom. The van der Waals surface area contributed by atoms with Crippen molar-refractivity contribution in [2.75, 3.05) is 10.6 Å². The molecule has 34 heavy (non-hydrogen) atoms. The van der Waals surface area contributed by atoms with Gasteiger partial charge < -0.3 is 10.6 Å². The van der Waals surface area contributed by atoms with Crippen LogP contribution in [0.2, 0.25) is 0 Å². The SMILES string of the molecule is CC12CCC(C(=O)Nc3ccc(NC(=O)C45CCC(C)(C(=O)C4)C5(C)C)cc3)(CC1=O)C2(C)C. The molecule has 0 heterocycles. The highest BCUT2D eigenvalue weighted by molar-refractivity contribution is 6.06. The maximum absolute atomic E-state index is 13.4. The zero-order valence-corrected chi connectivity index (χ0v) is 21.2. The standard InChI is InChI=1S/C28H36N2O4/c1-23(2)25(5)11-13-27(23,15-19(25)31)21(33)29-17-7-9-18(10-8-17)30-22(34)28-14-12-26(6,20(32)16-28)24(28,3)4/h7-10H,11-16H2,1-6H3,(H,29,33)(H,30,34). The molecule has 6 heteroatoms. The van der Waals surface area contributed by atoms with Gasteiger partial charge >= 0.3 is 0 Å². The Morgan fingerprint density at radius 1 is 0.618 bits per heavy atom. The number of benzene rings is 1. The molecule has 2 N–H and O–H groups in total. The Labute approximate surface area is 201 Å². The number of Topliss-reactive ketones (excluding diaryl/α,β-unsaturated/α-hetero) is 2. The van der Waals surface area contributed by atoms with Crippen LogP contribution in [0, 0.1) is 32.5 Å². The highest BCUT2D eigenvalue weighted by atomic mass is 16.2. The number of hydrogen-bond donors (Lipinski definition) is 2. The van der Waals surface area contributed by atoms with Crippen molar-refractivity contribution in [1.29, 1.82) is 0 Å². The van der Waals surface area contributed by atoms with Crippen LogP contribution < -0.4 is 10.6 Å². The van der Waals surface area contributed by atoms with Gasteiger partial charge in [0.2, 0.25) is 11.8 Å². The topological polar surface area (TPSA) is 92.3 Å². The van der Waals surface area contributed by atoms with Crippen LogP contribution in [0.4, 0.5) is 11.4 Å². The van der Waals surface area contributed by atoms with Gasteiger partial charge in [-0.3, -0.25) is 19.2 Å². The Balaban J connectivity index is 1.30. The van der Waals surface area contributed by atoms with Crippen molar-refractivity contribution >= 4 is 34.8 Å². The molecule has 0 aromatic heterocycles. The molecule has 0 aliphatic heterocycles. The minimum atomic E-state index is -0.680. The van der Waals surface area contributed by atoms with Crippen LogP contribution in [0.1, 0.15) is 80.1 Å². The van der Waals surface area contributed by atoms with Gasteiger partial charge in [-0.25, -0.2) is 0 Å². The van der Waals surface area contributed by atoms with Gasteiger partial charge in [-0.1, -0.05) is 41.5 Å². The molecule has 2 amide bonds. The number of amides is 2. The number of anilines is 2. The van der Waals surface area contributed by atoms with Gasteiger partial charge in [0.1, 0.15) is 11.6 Å². The number of carbonyl (C=O) groups is 4. The Hall–Kier alpha value is -2.50. The van der Waals surface area contributed by atoms with E-state index in [9.17, 15) is 19.2 Å². The fourth-order valence-corrected chi connectivity index (χ4v) is 7.86. The van der Waals surface area contributed by atoms with E-state index in [1.54, 1.807) is 24.3 Å². The summed E-state index contributed by atoms with van der Waals surface area (Å²) in [6.07, 6.45) is 3.53. The van der Waals surface area contributed by atoms with E-state index in [0.29, 0.717) is 24.2 Å². The quantitative estimate of drug-likeness (QED) is 0.646. The van der Waals surface area contributed by atoms with Crippen molar-refractivity contribution in [2.24, 2.45) is 32.5 Å². The Kier molecular flexibility index (Phi) is 4.50. The first-order valence-corrected chi connectivity index (χ1v) is 12.5. The smallest absolute Gasteiger partial charge is 0.231 e. The summed E-state index contributed by atoms with van der Waals surface area (Å²) in [5.41, 5.74) is -1.74. The van der Waals surface area contributed by atoms with Crippen LogP contribution in [-0.4, -0.2) is 23.4 Å². The lowest BCUT2D eigenvalue weighted by molar-refractivity contribution is -0.131. The van der Waals surface area contributed by atoms with Gasteiger partial charge in [-0.15, -0.1) is 0 Å². The van der Waals surface area contributed by atoms with Gasteiger partial charge in [-0.2, -0.15) is 0 Å². The zero-order chi connectivity index (χ0) is 24.9. The van der Waals surface area contributed by atoms with Gasteiger partial charge in [0.05, 0.1) is 10.8 Å². The van der Waals surface area contributed by atoms with Crippen LogP contribution in [0.15, 0.2) is 24.3 Å². The summed E-state index contributed by atoms with van der Waals surface area (Å²) in [6, 6.07) is 7.12. The number of hydrogen-bond acceptors (Lipinski definition) is 4. The molecule has 6 nitrogen and oxygen atoms in total. The molecule has 0 radical (unpaired) electrons. The first-order valence-electron chi connectivity index (χ1n) is 12.5. The summed E-state index contributed by atoms with van der Waals surface area (Å²) in [7, 11) is 0. The molecular weight excluding hydrogens is 428 g/mol. The van der Waals surface area contributed by atoms with Crippen molar-refractivity contribution in [3.05, 3.63) is 24.3 Å². The van der Waals surface area contributed by atoms with Crippen molar-refractivity contribution in [2.45, 2.75) is 80.1 Å². The molecule has 4 fully saturated rings. The number of carbonyl (C=O) groups excluding carboxylic acids is 4. The highest BCUT2D eigenvalue weighted by Gasteiger charge is 2.73. The maximum Gasteiger partial charge on any atom is 0.231 e. The minimum absolute atomic E-state index is 0.0980. The van der Waals surface area contributed by atoms with Crippen molar-refractivity contribution < 1.29 is 19.2 Å². The molecule has 4 saturated carbocycles. The van der Waals surface area contributed by atoms with Crippen molar-refractivity contribution in [1.82, 2.24) is 0 Å². The van der Waals surface area contributed by atoms with Crippen LogP contribution in [-0.2, 0) is 19.2 Å². The minimum Gasteiger partial charge on any atom is -0.326 e. The number of nitrogens with one attached hydrogen (secondary N) is 2. The van der Waals surface area contributed by atoms with Gasteiger partial charge in [0.25, 0.3) is 0 Å². The molecule has 0 saturated heterocycles. The number of fused-ring (bicyclic) bond motifs is 4. The second-order valence-electron chi connectivity index (χ2n) is 12.8. The lowest BCUT2D eigenvalue weighted by Crippen LogP contribution is -2.43. The monoisotopic (exact) mass is 464 g/mol. The second kappa shape index (κ2) is 6.58. The van der Waals surface area contributed by atoms with E-state index in [4.69, 9.17) is 0 Å². The third-order valence-corrected chi connectivity index (χ3v) is 11.7. The van der Waals surface area contributed by atoms with Crippen LogP contribution in [0.25, 0.3) is 0 Å². The second-order valence-corrected chi connectivity index (χ2v) is 12.8. The van der Waals surface area contributed by atoms with E-state index in [0.717, 1.165) is 25.7 Å². The van der Waals surface area contributed by atoms with Gasteiger partial charge in [-0.05, 0) is 60.8 Å². The van der Waals surface area contributed by atoms with E-state index < -0.39 is 32.5 Å². The molecule has 4 atom stereocenters. The average molecular weight is 465 g/mol. The molecule has 4 unspecified atom stereocenters. The largest absolute Gasteiger partial charge is 0.326 e. The summed E-state index contributed by atoms with van der Waals surface area (Å²) in [5, 5.41) is 6.06. The van der Waals surface area contributed by atoms with Crippen LogP contribution in [0.5, 0.6) is 0 Å². The summed E-state index contributed by atoms with van der Waals surface area (Å²) in [4.78, 5) is 52.2. The lowest BCUT2D eigenvalue weighted by atomic mass is 9.64. The highest BCUT2D eigenvalue weighted by Crippen LogP contribution is 2.71. The van der Waals surface area contributed by atoms with E-state index in [-0.39, 0.29) is 23.4 Å². The zero-order valence-electron chi connectivity index (χ0n) is 21.2. The van der Waals surface area contributed by atoms with E-state index >= 15 is 0 Å². The average Bonchev–Trinajstić information content (AvgIpc) is 3.23. The maximum atomic E-state index is 13.4. The Morgan fingerprint density at radius 2 is 0.941 bits per heavy atom. The molecule has 4 aliphatic carbocycles. The molecule has 1 aromatic carbocycles. The van der Waals surface area contributed by atoms with E-state index in [1.165, 1.54) is 0 Å². The number of rotatable bonds is 4. The molecule has 1 aromatic rings. The number of ketones is 2. The molecule has 5 rings (SSSR count). The molecule has 0 spiro atoms. The fourth-order valence-electron chi connectivity index (χ4n) is 7.86. The molecule has 182 valence electrons. The van der Waals surface area contributed by atoms with Crippen molar-refractivity contribution in [3.8, 4) is 0 Å². The van der Waals surface area contributed by atoms with Crippen LogP contribution >= 0.6 is 0 Å².